The van der Waals surface area contributed by atoms with E-state index in [1.807, 2.05) is 0 Å². The van der Waals surface area contributed by atoms with Crippen molar-refractivity contribution in [2.24, 2.45) is 0 Å². The highest BCUT2D eigenvalue weighted by molar-refractivity contribution is 6.21. The molecule has 0 N–H and O–H groups in total. The number of morpholine rings is 1. The molecule has 0 bridgehead atoms. The number of halogens is 1. The molecule has 0 radical (unpaired) electrons. The van der Waals surface area contributed by atoms with Gasteiger partial charge in [0.25, 0.3) is 0 Å². The summed E-state index contributed by atoms with van der Waals surface area (Å²) in [7, 11) is 2.21. The maximum atomic E-state index is 6.48. The van der Waals surface area contributed by atoms with E-state index < -0.39 is 0 Å². The second-order valence-electron chi connectivity index (χ2n) is 6.39. The molecule has 0 aromatic heterocycles. The van der Waals surface area contributed by atoms with E-state index in [-0.39, 0.29) is 0 Å². The Morgan fingerprint density at radius 3 is 2.74 bits per heavy atom. The molecule has 1 heterocycles. The lowest BCUT2D eigenvalue weighted by atomic mass is 9.93. The molecule has 0 spiro atoms. The molecule has 19 heavy (non-hydrogen) atoms. The lowest BCUT2D eigenvalue weighted by Gasteiger charge is -2.40. The molecular weight excluding hydrogens is 260 g/mol. The van der Waals surface area contributed by atoms with Crippen molar-refractivity contribution < 1.29 is 4.74 Å². The molecule has 3 unspecified atom stereocenters. The van der Waals surface area contributed by atoms with Crippen molar-refractivity contribution in [3.8, 4) is 0 Å². The van der Waals surface area contributed by atoms with Gasteiger partial charge < -0.3 is 4.74 Å². The van der Waals surface area contributed by atoms with Crippen LogP contribution in [0.4, 0.5) is 0 Å². The van der Waals surface area contributed by atoms with Gasteiger partial charge in [-0.2, -0.15) is 0 Å². The van der Waals surface area contributed by atoms with Crippen LogP contribution in [0.5, 0.6) is 0 Å². The molecule has 1 aliphatic carbocycles. The largest absolute Gasteiger partial charge is 0.374 e. The van der Waals surface area contributed by atoms with E-state index in [1.54, 1.807) is 0 Å². The van der Waals surface area contributed by atoms with Crippen molar-refractivity contribution in [1.82, 2.24) is 9.80 Å². The van der Waals surface area contributed by atoms with E-state index >= 15 is 0 Å². The van der Waals surface area contributed by atoms with Crippen molar-refractivity contribution in [2.75, 3.05) is 33.3 Å². The van der Waals surface area contributed by atoms with Gasteiger partial charge in [-0.25, -0.2) is 0 Å². The molecule has 0 aromatic carbocycles. The summed E-state index contributed by atoms with van der Waals surface area (Å²) in [6.45, 7) is 8.54. The standard InChI is InChI=1S/C15H29ClN2O/c1-12(2)18-8-9-19-13(11-18)10-17(3)15-7-5-4-6-14(15)16/h12-15H,4-11H2,1-3H3. The van der Waals surface area contributed by atoms with Crippen molar-refractivity contribution in [1.29, 1.82) is 0 Å². The summed E-state index contributed by atoms with van der Waals surface area (Å²) in [4.78, 5) is 4.95. The first kappa shape index (κ1) is 15.6. The second kappa shape index (κ2) is 7.26. The molecule has 1 aliphatic heterocycles. The average Bonchev–Trinajstić information content (AvgIpc) is 2.39. The van der Waals surface area contributed by atoms with Crippen LogP contribution in [-0.2, 0) is 4.74 Å². The molecule has 112 valence electrons. The van der Waals surface area contributed by atoms with Crippen LogP contribution in [0.3, 0.4) is 0 Å². The molecule has 2 aliphatic rings. The van der Waals surface area contributed by atoms with Gasteiger partial charge in [-0.15, -0.1) is 11.6 Å². The minimum absolute atomic E-state index is 0.323. The first-order valence-electron chi connectivity index (χ1n) is 7.78. The number of nitrogens with zero attached hydrogens (tertiary/aromatic N) is 2. The van der Waals surface area contributed by atoms with Gasteiger partial charge in [-0.05, 0) is 33.7 Å². The van der Waals surface area contributed by atoms with Crippen LogP contribution in [0.15, 0.2) is 0 Å². The zero-order valence-corrected chi connectivity index (χ0v) is 13.4. The highest BCUT2D eigenvalue weighted by Gasteiger charge is 2.30. The number of rotatable bonds is 4. The Kier molecular flexibility index (Phi) is 5.94. The Morgan fingerprint density at radius 2 is 2.05 bits per heavy atom. The maximum absolute atomic E-state index is 6.48. The molecule has 3 nitrogen and oxygen atoms in total. The summed E-state index contributed by atoms with van der Waals surface area (Å²) in [6.07, 6.45) is 5.36. The summed E-state index contributed by atoms with van der Waals surface area (Å²) in [6, 6.07) is 1.15. The van der Waals surface area contributed by atoms with Crippen LogP contribution in [0, 0.1) is 0 Å². The topological polar surface area (TPSA) is 15.7 Å². The molecule has 2 fully saturated rings. The number of ether oxygens (including phenoxy) is 1. The number of hydrogen-bond donors (Lipinski definition) is 0. The highest BCUT2D eigenvalue weighted by atomic mass is 35.5. The van der Waals surface area contributed by atoms with Gasteiger partial charge in [0.2, 0.25) is 0 Å². The Balaban J connectivity index is 1.82. The number of hydrogen-bond acceptors (Lipinski definition) is 3. The summed E-state index contributed by atoms with van der Waals surface area (Å²) in [5.41, 5.74) is 0. The molecule has 4 heteroatoms. The lowest BCUT2D eigenvalue weighted by Crippen LogP contribution is -2.52. The predicted molar refractivity (Wildman–Crippen MR) is 81.0 cm³/mol. The predicted octanol–water partition coefficient (Wildman–Crippen LogP) is 2.58. The zero-order valence-electron chi connectivity index (χ0n) is 12.6. The fourth-order valence-corrected chi connectivity index (χ4v) is 3.81. The lowest BCUT2D eigenvalue weighted by molar-refractivity contribution is -0.0547. The minimum atomic E-state index is 0.323. The highest BCUT2D eigenvalue weighted by Crippen LogP contribution is 2.27. The smallest absolute Gasteiger partial charge is 0.0829 e. The van der Waals surface area contributed by atoms with Gasteiger partial charge in [-0.1, -0.05) is 12.8 Å². The summed E-state index contributed by atoms with van der Waals surface area (Å²) in [5.74, 6) is 0. The van der Waals surface area contributed by atoms with E-state index in [1.165, 1.54) is 25.7 Å². The minimum Gasteiger partial charge on any atom is -0.374 e. The first-order valence-corrected chi connectivity index (χ1v) is 8.21. The molecule has 3 atom stereocenters. The Labute approximate surface area is 123 Å². The Hall–Kier alpha value is 0.170. The second-order valence-corrected chi connectivity index (χ2v) is 6.95. The van der Waals surface area contributed by atoms with E-state index in [0.717, 1.165) is 26.2 Å². The maximum Gasteiger partial charge on any atom is 0.0829 e. The molecule has 0 aromatic rings. The van der Waals surface area contributed by atoms with E-state index in [4.69, 9.17) is 16.3 Å². The van der Waals surface area contributed by atoms with Gasteiger partial charge in [-0.3, -0.25) is 9.80 Å². The average molecular weight is 289 g/mol. The van der Waals surface area contributed by atoms with Crippen LogP contribution < -0.4 is 0 Å². The van der Waals surface area contributed by atoms with Crippen molar-refractivity contribution in [3.63, 3.8) is 0 Å². The number of alkyl halides is 1. The summed E-state index contributed by atoms with van der Waals surface area (Å²) < 4.78 is 5.93. The fourth-order valence-electron chi connectivity index (χ4n) is 3.34. The summed E-state index contributed by atoms with van der Waals surface area (Å²) >= 11 is 6.48. The van der Waals surface area contributed by atoms with E-state index in [9.17, 15) is 0 Å². The Morgan fingerprint density at radius 1 is 1.32 bits per heavy atom. The first-order chi connectivity index (χ1) is 9.08. The zero-order chi connectivity index (χ0) is 13.8. The molecular formula is C15H29ClN2O. The SMILES string of the molecule is CC(C)N1CCOC(CN(C)C2CCCCC2Cl)C1. The Bertz CT molecular complexity index is 275. The third-order valence-corrected chi connectivity index (χ3v) is 5.11. The van der Waals surface area contributed by atoms with Crippen molar-refractivity contribution in [2.45, 2.75) is 63.1 Å². The van der Waals surface area contributed by atoms with Gasteiger partial charge in [0, 0.05) is 37.1 Å². The van der Waals surface area contributed by atoms with Crippen LogP contribution in [0.25, 0.3) is 0 Å². The van der Waals surface area contributed by atoms with Gasteiger partial charge in [0.15, 0.2) is 0 Å². The normalized spacial score (nSPS) is 34.1. The van der Waals surface area contributed by atoms with Crippen LogP contribution in [0.1, 0.15) is 39.5 Å². The van der Waals surface area contributed by atoms with Crippen molar-refractivity contribution >= 4 is 11.6 Å². The van der Waals surface area contributed by atoms with Gasteiger partial charge in [0.1, 0.15) is 0 Å². The van der Waals surface area contributed by atoms with Crippen molar-refractivity contribution in [3.05, 3.63) is 0 Å². The third kappa shape index (κ3) is 4.32. The van der Waals surface area contributed by atoms with Crippen LogP contribution in [0.2, 0.25) is 0 Å². The number of likely N-dealkylation sites (N-methyl/N-ethyl adjacent to an activating group) is 1. The fraction of sp³-hybridized carbons (Fsp3) is 1.00. The van der Waals surface area contributed by atoms with Crippen LogP contribution >= 0.6 is 11.6 Å². The van der Waals surface area contributed by atoms with E-state index in [0.29, 0.717) is 23.6 Å². The molecule has 0 amide bonds. The molecule has 1 saturated heterocycles. The third-order valence-electron chi connectivity index (χ3n) is 4.61. The quantitative estimate of drug-likeness (QED) is 0.740. The van der Waals surface area contributed by atoms with E-state index in [2.05, 4.69) is 30.7 Å². The monoisotopic (exact) mass is 288 g/mol. The molecule has 2 rings (SSSR count). The van der Waals surface area contributed by atoms with Crippen LogP contribution in [-0.4, -0.2) is 66.7 Å². The van der Waals surface area contributed by atoms with Gasteiger partial charge >= 0.3 is 0 Å². The molecule has 1 saturated carbocycles. The summed E-state index contributed by atoms with van der Waals surface area (Å²) in [5, 5.41) is 0.323. The van der Waals surface area contributed by atoms with Gasteiger partial charge in [0.05, 0.1) is 12.7 Å².